The highest BCUT2D eigenvalue weighted by molar-refractivity contribution is 8.45. The van der Waals surface area contributed by atoms with E-state index in [2.05, 4.69) is 17.2 Å². The normalized spacial score (nSPS) is 14.9. The number of nitrogens with zero attached hydrogens (tertiary/aromatic N) is 2. The van der Waals surface area contributed by atoms with Gasteiger partial charge in [-0.25, -0.2) is 4.39 Å². The van der Waals surface area contributed by atoms with Crippen LogP contribution in [0.4, 0.5) is 29.5 Å². The molecule has 0 atom stereocenters. The zero-order valence-electron chi connectivity index (χ0n) is 8.13. The topological polar surface area (TPSA) is 36.1 Å². The number of thiocarbonyl (C=S) groups is 1. The molecule has 0 radical (unpaired) electrons. The van der Waals surface area contributed by atoms with Gasteiger partial charge >= 0.3 is 10.2 Å². The van der Waals surface area contributed by atoms with Crippen LogP contribution in [0.1, 0.15) is 5.56 Å². The molecule has 0 saturated heterocycles. The highest BCUT2D eigenvalue weighted by atomic mass is 32.5. The van der Waals surface area contributed by atoms with Gasteiger partial charge in [0.1, 0.15) is 22.3 Å². The van der Waals surface area contributed by atoms with Gasteiger partial charge in [-0.2, -0.15) is 10.3 Å². The van der Waals surface area contributed by atoms with Crippen molar-refractivity contribution in [3.8, 4) is 6.07 Å². The van der Waals surface area contributed by atoms with Crippen LogP contribution in [0.2, 0.25) is 0 Å². The summed E-state index contributed by atoms with van der Waals surface area (Å²) >= 11 is 4.07. The number of hydrogen-bond acceptors (Lipinski definition) is 3. The summed E-state index contributed by atoms with van der Waals surface area (Å²) in [5.74, 6) is -1.76. The second-order valence-corrected chi connectivity index (χ2v) is 5.64. The van der Waals surface area contributed by atoms with Crippen molar-refractivity contribution >= 4 is 33.3 Å². The van der Waals surface area contributed by atoms with Crippen LogP contribution < -0.4 is 0 Å². The number of aliphatic imine (C=N–C) groups is 1. The van der Waals surface area contributed by atoms with E-state index in [1.165, 1.54) is 0 Å². The quantitative estimate of drug-likeness (QED) is 0.433. The Labute approximate surface area is 102 Å². The third-order valence-electron chi connectivity index (χ3n) is 1.74. The summed E-state index contributed by atoms with van der Waals surface area (Å²) in [6.45, 7) is 0. The van der Waals surface area contributed by atoms with Gasteiger partial charge in [-0.1, -0.05) is 19.4 Å². The predicted octanol–water partition coefficient (Wildman–Crippen LogP) is 5.09. The molecule has 0 heterocycles. The maximum atomic E-state index is 13.1. The van der Waals surface area contributed by atoms with Gasteiger partial charge in [-0.05, 0) is 18.3 Å². The van der Waals surface area contributed by atoms with E-state index in [9.17, 15) is 23.8 Å². The molecule has 98 valence electrons. The van der Waals surface area contributed by atoms with Gasteiger partial charge < -0.3 is 0 Å². The van der Waals surface area contributed by atoms with E-state index in [-0.39, 0.29) is 6.07 Å². The third kappa shape index (κ3) is 3.01. The molecule has 0 N–H and O–H groups in total. The molecule has 1 rings (SSSR count). The van der Waals surface area contributed by atoms with Crippen LogP contribution in [0.5, 0.6) is 0 Å². The third-order valence-corrected chi connectivity index (χ3v) is 2.99. The molecule has 10 heteroatoms. The second-order valence-electron chi connectivity index (χ2n) is 3.08. The van der Waals surface area contributed by atoms with Crippen molar-refractivity contribution in [1.29, 1.82) is 5.26 Å². The van der Waals surface area contributed by atoms with Gasteiger partial charge in [-0.3, -0.25) is 0 Å². The van der Waals surface area contributed by atoms with Crippen molar-refractivity contribution in [2.24, 2.45) is 4.99 Å². The Morgan fingerprint density at radius 2 is 1.72 bits per heavy atom. The lowest BCUT2D eigenvalue weighted by Gasteiger charge is -2.41. The van der Waals surface area contributed by atoms with Gasteiger partial charge in [0.05, 0.1) is 10.8 Å². The SMILES string of the molecule is N#Cc1c(F)cc(N=C=S)cc1S(F)(F)(F)(F)F. The fourth-order valence-electron chi connectivity index (χ4n) is 1.10. The highest BCUT2D eigenvalue weighted by Gasteiger charge is 2.67. The van der Waals surface area contributed by atoms with Gasteiger partial charge in [0, 0.05) is 6.07 Å². The van der Waals surface area contributed by atoms with Crippen LogP contribution >= 0.6 is 22.4 Å². The molecule has 18 heavy (non-hydrogen) atoms. The molecule has 1 aromatic carbocycles. The minimum Gasteiger partial charge on any atom is -0.205 e. The Bertz CT molecular complexity index is 609. The zero-order valence-corrected chi connectivity index (χ0v) is 9.77. The molecule has 1 aromatic rings. The second kappa shape index (κ2) is 3.47. The number of nitriles is 1. The summed E-state index contributed by atoms with van der Waals surface area (Å²) in [4.78, 5) is 0.357. The average molecular weight is 304 g/mol. The minimum atomic E-state index is -10.2. The van der Waals surface area contributed by atoms with Crippen LogP contribution in [-0.4, -0.2) is 5.16 Å². The Kier molecular flexibility index (Phi) is 2.80. The van der Waals surface area contributed by atoms with E-state index < -0.39 is 32.2 Å². The first-order valence-corrected chi connectivity index (χ1v) is 6.30. The molecule has 0 unspecified atom stereocenters. The van der Waals surface area contributed by atoms with E-state index in [4.69, 9.17) is 5.26 Å². The van der Waals surface area contributed by atoms with Gasteiger partial charge in [0.25, 0.3) is 0 Å². The molecule has 0 bridgehead atoms. The first-order chi connectivity index (χ1) is 7.88. The summed E-state index contributed by atoms with van der Waals surface area (Å²) in [6.07, 6.45) is 0. The zero-order chi connectivity index (χ0) is 14.3. The number of isothiocyanates is 1. The van der Waals surface area contributed by atoms with Crippen LogP contribution in [0.25, 0.3) is 0 Å². The molecule has 0 saturated carbocycles. The molecule has 2 nitrogen and oxygen atoms in total. The smallest absolute Gasteiger partial charge is 0.205 e. The maximum absolute atomic E-state index is 13.1. The molecule has 0 amide bonds. The van der Waals surface area contributed by atoms with Crippen molar-refractivity contribution < 1.29 is 23.8 Å². The van der Waals surface area contributed by atoms with Crippen LogP contribution in [0.3, 0.4) is 0 Å². The van der Waals surface area contributed by atoms with Crippen molar-refractivity contribution in [1.82, 2.24) is 0 Å². The van der Waals surface area contributed by atoms with Crippen LogP contribution in [-0.2, 0) is 0 Å². The first-order valence-electron chi connectivity index (χ1n) is 3.94. The molecule has 0 aliphatic carbocycles. The maximum Gasteiger partial charge on any atom is 0.311 e. The Balaban J connectivity index is 3.85. The number of rotatable bonds is 2. The van der Waals surface area contributed by atoms with Crippen molar-refractivity contribution in [2.75, 3.05) is 0 Å². The molecular weight excluding hydrogens is 302 g/mol. The fraction of sp³-hybridized carbons (Fsp3) is 0. The Morgan fingerprint density at radius 1 is 1.17 bits per heavy atom. The summed E-state index contributed by atoms with van der Waals surface area (Å²) in [7, 11) is -10.2. The molecule has 0 fully saturated rings. The van der Waals surface area contributed by atoms with Gasteiger partial charge in [-0.15, -0.1) is 0 Å². The lowest BCUT2D eigenvalue weighted by atomic mass is 10.2. The molecule has 0 aliphatic rings. The highest BCUT2D eigenvalue weighted by Crippen LogP contribution is 3.02. The minimum absolute atomic E-state index is 0.136. The summed E-state index contributed by atoms with van der Waals surface area (Å²) in [6, 6.07) is 1.000. The molecule has 0 aliphatic heterocycles. The fourth-order valence-corrected chi connectivity index (χ4v) is 2.08. The van der Waals surface area contributed by atoms with Gasteiger partial charge in [0.15, 0.2) is 0 Å². The number of benzene rings is 1. The van der Waals surface area contributed by atoms with Crippen LogP contribution in [0, 0.1) is 17.1 Å². The van der Waals surface area contributed by atoms with E-state index in [1.807, 2.05) is 0 Å². The van der Waals surface area contributed by atoms with E-state index >= 15 is 0 Å². The Hall–Kier alpha value is -1.56. The van der Waals surface area contributed by atoms with E-state index in [1.54, 1.807) is 5.16 Å². The van der Waals surface area contributed by atoms with Crippen LogP contribution in [0.15, 0.2) is 22.0 Å². The number of halogens is 6. The summed E-state index contributed by atoms with van der Waals surface area (Å²) in [5, 5.41) is 9.95. The standard InChI is InChI=1S/C8H2F6N2S2/c9-7-1-5(16-4-17)2-8(6(7)3-15)18(10,11,12,13)14/h1-2H. The van der Waals surface area contributed by atoms with Crippen molar-refractivity contribution in [3.63, 3.8) is 0 Å². The molecular formula is C8H2F6N2S2. The summed E-state index contributed by atoms with van der Waals surface area (Å²) in [5.41, 5.74) is -2.58. The largest absolute Gasteiger partial charge is 0.311 e. The molecule has 0 aromatic heterocycles. The van der Waals surface area contributed by atoms with E-state index in [0.717, 1.165) is 6.07 Å². The monoisotopic (exact) mass is 304 g/mol. The van der Waals surface area contributed by atoms with Crippen molar-refractivity contribution in [2.45, 2.75) is 4.90 Å². The van der Waals surface area contributed by atoms with Gasteiger partial charge in [0.2, 0.25) is 0 Å². The predicted molar refractivity (Wildman–Crippen MR) is 57.2 cm³/mol. The lowest BCUT2D eigenvalue weighted by Crippen LogP contribution is -2.09. The number of hydrogen-bond donors (Lipinski definition) is 0. The lowest BCUT2D eigenvalue weighted by molar-refractivity contribution is 0.362. The first kappa shape index (κ1) is 14.5. The summed E-state index contributed by atoms with van der Waals surface area (Å²) < 4.78 is 76.1. The molecule has 0 spiro atoms. The van der Waals surface area contributed by atoms with E-state index in [0.29, 0.717) is 6.07 Å². The average Bonchev–Trinajstić information content (AvgIpc) is 2.14. The Morgan fingerprint density at radius 3 is 2.11 bits per heavy atom. The van der Waals surface area contributed by atoms with Crippen molar-refractivity contribution in [3.05, 3.63) is 23.5 Å².